The average Bonchev–Trinajstić information content (AvgIpc) is 2.23. The topological polar surface area (TPSA) is 12.4 Å². The van der Waals surface area contributed by atoms with Gasteiger partial charge in [0.05, 0.1) is 11.3 Å². The highest BCUT2D eigenvalue weighted by atomic mass is 32.2. The molecule has 19 heavy (non-hydrogen) atoms. The molecule has 106 valence electrons. The SMILES string of the molecule is C/C(=N\SC(C)(C)C)c1cccc(C(C)(F)F)c1F. The highest BCUT2D eigenvalue weighted by molar-refractivity contribution is 7.99. The summed E-state index contributed by atoms with van der Waals surface area (Å²) in [5.74, 6) is -4.09. The minimum absolute atomic E-state index is 0.107. The number of hydrogen-bond acceptors (Lipinski definition) is 2. The summed E-state index contributed by atoms with van der Waals surface area (Å²) in [6, 6.07) is 3.99. The first-order chi connectivity index (χ1) is 8.52. The van der Waals surface area contributed by atoms with E-state index in [1.165, 1.54) is 24.1 Å². The van der Waals surface area contributed by atoms with Crippen LogP contribution in [0.2, 0.25) is 0 Å². The maximum atomic E-state index is 14.1. The van der Waals surface area contributed by atoms with Crippen molar-refractivity contribution in [2.45, 2.75) is 45.3 Å². The monoisotopic (exact) mass is 289 g/mol. The van der Waals surface area contributed by atoms with Gasteiger partial charge in [-0.2, -0.15) is 0 Å². The molecule has 1 nitrogen and oxygen atoms in total. The van der Waals surface area contributed by atoms with Crippen LogP contribution < -0.4 is 0 Å². The van der Waals surface area contributed by atoms with E-state index in [0.717, 1.165) is 6.07 Å². The summed E-state index contributed by atoms with van der Waals surface area (Å²) < 4.78 is 44.7. The number of nitrogens with zero attached hydrogens (tertiary/aromatic N) is 1. The van der Waals surface area contributed by atoms with Crippen molar-refractivity contribution in [3.05, 3.63) is 35.1 Å². The molecule has 0 amide bonds. The Balaban J connectivity index is 3.15. The first-order valence-corrected chi connectivity index (χ1v) is 6.69. The molecule has 0 heterocycles. The van der Waals surface area contributed by atoms with E-state index >= 15 is 0 Å². The van der Waals surface area contributed by atoms with E-state index in [2.05, 4.69) is 4.40 Å². The van der Waals surface area contributed by atoms with Gasteiger partial charge in [-0.05, 0) is 39.6 Å². The maximum Gasteiger partial charge on any atom is 0.273 e. The Morgan fingerprint density at radius 1 is 1.16 bits per heavy atom. The fraction of sp³-hybridized carbons (Fsp3) is 0.500. The molecular weight excluding hydrogens is 271 g/mol. The first-order valence-electron chi connectivity index (χ1n) is 5.92. The van der Waals surface area contributed by atoms with E-state index in [9.17, 15) is 13.2 Å². The summed E-state index contributed by atoms with van der Waals surface area (Å²) in [7, 11) is 0. The minimum atomic E-state index is -3.20. The standard InChI is InChI=1S/C14H18F3NS/c1-9(18-19-13(2,3)4)10-7-6-8-11(12(10)15)14(5,16)17/h6-8H,1-5H3/b18-9+. The summed E-state index contributed by atoms with van der Waals surface area (Å²) in [6.45, 7) is 8.23. The zero-order valence-corrected chi connectivity index (χ0v) is 12.5. The van der Waals surface area contributed by atoms with E-state index < -0.39 is 17.3 Å². The summed E-state index contributed by atoms with van der Waals surface area (Å²) in [6.07, 6.45) is 0. The molecule has 5 heteroatoms. The van der Waals surface area contributed by atoms with Crippen molar-refractivity contribution in [1.82, 2.24) is 0 Å². The lowest BCUT2D eigenvalue weighted by Gasteiger charge is -2.16. The smallest absolute Gasteiger partial charge is 0.220 e. The molecule has 1 aromatic rings. The maximum absolute atomic E-state index is 14.1. The van der Waals surface area contributed by atoms with E-state index in [1.807, 2.05) is 20.8 Å². The Bertz CT molecular complexity index is 484. The van der Waals surface area contributed by atoms with Gasteiger partial charge in [0.15, 0.2) is 0 Å². The van der Waals surface area contributed by atoms with Crippen molar-refractivity contribution in [3.8, 4) is 0 Å². The predicted octanol–water partition coefficient (Wildman–Crippen LogP) is 5.19. The first kappa shape index (κ1) is 16.1. The van der Waals surface area contributed by atoms with Crippen molar-refractivity contribution in [2.24, 2.45) is 4.40 Å². The molecular formula is C14H18F3NS. The quantitative estimate of drug-likeness (QED) is 0.551. The minimum Gasteiger partial charge on any atom is -0.220 e. The van der Waals surface area contributed by atoms with Gasteiger partial charge in [0, 0.05) is 17.2 Å². The third-order valence-corrected chi connectivity index (χ3v) is 3.23. The van der Waals surface area contributed by atoms with Crippen molar-refractivity contribution in [2.75, 3.05) is 0 Å². The van der Waals surface area contributed by atoms with Gasteiger partial charge in [-0.25, -0.2) is 17.6 Å². The lowest BCUT2D eigenvalue weighted by molar-refractivity contribution is 0.0137. The third-order valence-electron chi connectivity index (χ3n) is 2.32. The normalized spacial score (nSPS) is 13.8. The van der Waals surface area contributed by atoms with Gasteiger partial charge in [0.25, 0.3) is 5.92 Å². The van der Waals surface area contributed by atoms with Crippen molar-refractivity contribution >= 4 is 17.7 Å². The van der Waals surface area contributed by atoms with Crippen LogP contribution in [0.3, 0.4) is 0 Å². The fourth-order valence-electron chi connectivity index (χ4n) is 1.41. The van der Waals surface area contributed by atoms with Crippen LogP contribution in [0.4, 0.5) is 13.2 Å². The van der Waals surface area contributed by atoms with E-state index in [1.54, 1.807) is 6.92 Å². The molecule has 1 rings (SSSR count). The number of hydrogen-bond donors (Lipinski definition) is 0. The molecule has 0 unspecified atom stereocenters. The molecule has 0 aliphatic carbocycles. The van der Waals surface area contributed by atoms with Crippen LogP contribution in [-0.2, 0) is 5.92 Å². The Morgan fingerprint density at radius 2 is 1.74 bits per heavy atom. The molecule has 0 spiro atoms. The van der Waals surface area contributed by atoms with Crippen molar-refractivity contribution in [3.63, 3.8) is 0 Å². The van der Waals surface area contributed by atoms with Crippen molar-refractivity contribution in [1.29, 1.82) is 0 Å². The molecule has 0 bridgehead atoms. The van der Waals surface area contributed by atoms with Gasteiger partial charge in [0.1, 0.15) is 5.82 Å². The Labute approximate surface area is 116 Å². The lowest BCUT2D eigenvalue weighted by Crippen LogP contribution is -2.13. The number of alkyl halides is 2. The molecule has 1 aromatic carbocycles. The van der Waals surface area contributed by atoms with Gasteiger partial charge in [-0.1, -0.05) is 18.2 Å². The van der Waals surface area contributed by atoms with E-state index in [0.29, 0.717) is 12.6 Å². The Hall–Kier alpha value is -0.970. The molecule has 0 aromatic heterocycles. The van der Waals surface area contributed by atoms with E-state index in [-0.39, 0.29) is 10.3 Å². The Kier molecular flexibility index (Phi) is 4.72. The predicted molar refractivity (Wildman–Crippen MR) is 75.5 cm³/mol. The molecule has 0 fully saturated rings. The van der Waals surface area contributed by atoms with Gasteiger partial charge >= 0.3 is 0 Å². The van der Waals surface area contributed by atoms with Crippen LogP contribution in [0.5, 0.6) is 0 Å². The van der Waals surface area contributed by atoms with Crippen LogP contribution >= 0.6 is 11.9 Å². The van der Waals surface area contributed by atoms with E-state index in [4.69, 9.17) is 0 Å². The Morgan fingerprint density at radius 3 is 2.21 bits per heavy atom. The molecule has 0 aliphatic rings. The fourth-order valence-corrected chi connectivity index (χ4v) is 1.91. The van der Waals surface area contributed by atoms with Crippen LogP contribution in [-0.4, -0.2) is 10.5 Å². The van der Waals surface area contributed by atoms with Gasteiger partial charge in [-0.15, -0.1) is 0 Å². The molecule has 0 saturated heterocycles. The summed E-state index contributed by atoms with van der Waals surface area (Å²) in [4.78, 5) is 0. The van der Waals surface area contributed by atoms with Crippen LogP contribution in [0.1, 0.15) is 45.7 Å². The van der Waals surface area contributed by atoms with Gasteiger partial charge in [0.2, 0.25) is 0 Å². The summed E-state index contributed by atoms with van der Waals surface area (Å²) in [5, 5.41) is 0. The lowest BCUT2D eigenvalue weighted by atomic mass is 10.0. The molecule has 0 radical (unpaired) electrons. The summed E-state index contributed by atoms with van der Waals surface area (Å²) in [5.41, 5.74) is -0.0698. The molecule has 0 aliphatic heterocycles. The largest absolute Gasteiger partial charge is 0.273 e. The summed E-state index contributed by atoms with van der Waals surface area (Å²) >= 11 is 1.29. The zero-order chi connectivity index (χ0) is 14.8. The van der Waals surface area contributed by atoms with Crippen LogP contribution in [0, 0.1) is 5.82 Å². The van der Waals surface area contributed by atoms with Gasteiger partial charge < -0.3 is 0 Å². The average molecular weight is 289 g/mol. The van der Waals surface area contributed by atoms with Crippen molar-refractivity contribution < 1.29 is 13.2 Å². The highest BCUT2D eigenvalue weighted by Crippen LogP contribution is 2.31. The number of benzene rings is 1. The molecule has 0 atom stereocenters. The second-order valence-corrected chi connectivity index (χ2v) is 7.03. The third kappa shape index (κ3) is 4.56. The number of rotatable bonds is 3. The molecule has 0 N–H and O–H groups in total. The van der Waals surface area contributed by atoms with Crippen LogP contribution in [0.25, 0.3) is 0 Å². The zero-order valence-electron chi connectivity index (χ0n) is 11.7. The molecule has 0 saturated carbocycles. The van der Waals surface area contributed by atoms with Gasteiger partial charge in [-0.3, -0.25) is 0 Å². The van der Waals surface area contributed by atoms with Crippen LogP contribution in [0.15, 0.2) is 22.6 Å². The second kappa shape index (κ2) is 5.57. The highest BCUT2D eigenvalue weighted by Gasteiger charge is 2.29. The second-order valence-electron chi connectivity index (χ2n) is 5.44. The number of halogens is 3.